The van der Waals surface area contributed by atoms with Gasteiger partial charge in [0.25, 0.3) is 0 Å². The van der Waals surface area contributed by atoms with E-state index in [0.717, 1.165) is 18.4 Å². The largest absolute Gasteiger partial charge is 0.416 e. The summed E-state index contributed by atoms with van der Waals surface area (Å²) in [5, 5.41) is 4.13. The van der Waals surface area contributed by atoms with Crippen molar-refractivity contribution < 1.29 is 26.3 Å². The lowest BCUT2D eigenvalue weighted by Crippen LogP contribution is -2.55. The number of sulfonamides is 1. The SMILES string of the molecule is CS(=O)(=O)NC1CN(c2ccc(C(F)(F)F)cc2)[C]2C=CN=[N+]2C1. The third kappa shape index (κ3) is 3.59. The molecule has 1 radical (unpaired) electrons. The highest BCUT2D eigenvalue weighted by molar-refractivity contribution is 7.88. The molecular formula is C14H15F3N4O2S+. The van der Waals surface area contributed by atoms with Crippen molar-refractivity contribution in [1.29, 1.82) is 0 Å². The number of fused-ring (bicyclic) bond motifs is 1. The summed E-state index contributed by atoms with van der Waals surface area (Å²) in [7, 11) is -3.41. The molecule has 0 aliphatic carbocycles. The van der Waals surface area contributed by atoms with Crippen molar-refractivity contribution in [2.45, 2.75) is 12.2 Å². The Morgan fingerprint density at radius 3 is 2.54 bits per heavy atom. The minimum Gasteiger partial charge on any atom is -0.297 e. The molecule has 0 amide bonds. The molecule has 1 aromatic carbocycles. The molecule has 0 bridgehead atoms. The zero-order chi connectivity index (χ0) is 17.5. The quantitative estimate of drug-likeness (QED) is 0.838. The first kappa shape index (κ1) is 16.9. The normalized spacial score (nSPS) is 21.8. The Morgan fingerprint density at radius 1 is 1.29 bits per heavy atom. The highest BCUT2D eigenvalue weighted by Crippen LogP contribution is 2.33. The van der Waals surface area contributed by atoms with Crippen LogP contribution in [0.5, 0.6) is 0 Å². The van der Waals surface area contributed by atoms with Crippen molar-refractivity contribution in [2.24, 2.45) is 5.11 Å². The van der Waals surface area contributed by atoms with E-state index in [-0.39, 0.29) is 0 Å². The Labute approximate surface area is 137 Å². The van der Waals surface area contributed by atoms with Gasteiger partial charge in [0.1, 0.15) is 6.04 Å². The fourth-order valence-electron chi connectivity index (χ4n) is 2.72. The molecule has 0 aromatic heterocycles. The molecule has 1 atom stereocenters. The predicted octanol–water partition coefficient (Wildman–Crippen LogP) is 1.92. The number of alkyl halides is 3. The van der Waals surface area contributed by atoms with Gasteiger partial charge in [0.2, 0.25) is 10.0 Å². The number of anilines is 1. The van der Waals surface area contributed by atoms with Gasteiger partial charge in [-0.25, -0.2) is 13.1 Å². The van der Waals surface area contributed by atoms with Gasteiger partial charge in [0.15, 0.2) is 6.54 Å². The molecule has 1 aromatic rings. The Kier molecular flexibility index (Phi) is 4.12. The number of azo groups is 2. The zero-order valence-electron chi connectivity index (χ0n) is 12.7. The molecule has 1 fully saturated rings. The number of nitrogens with zero attached hydrogens (tertiary/aromatic N) is 3. The molecule has 6 nitrogen and oxygen atoms in total. The predicted molar refractivity (Wildman–Crippen MR) is 80.5 cm³/mol. The topological polar surface area (TPSA) is 64.8 Å². The molecule has 24 heavy (non-hydrogen) atoms. The van der Waals surface area contributed by atoms with Crippen LogP contribution in [0, 0.1) is 6.17 Å². The lowest BCUT2D eigenvalue weighted by atomic mass is 10.1. The van der Waals surface area contributed by atoms with Gasteiger partial charge < -0.3 is 0 Å². The summed E-state index contributed by atoms with van der Waals surface area (Å²) in [5.41, 5.74) is -0.202. The molecule has 2 aliphatic rings. The fourth-order valence-corrected chi connectivity index (χ4v) is 3.48. The fraction of sp³-hybridized carbons (Fsp3) is 0.357. The molecule has 3 rings (SSSR count). The number of halogens is 3. The average molecular weight is 360 g/mol. The molecule has 1 unspecified atom stereocenters. The number of rotatable bonds is 3. The van der Waals surface area contributed by atoms with E-state index in [2.05, 4.69) is 9.84 Å². The number of nitrogens with one attached hydrogen (secondary N) is 1. The zero-order valence-corrected chi connectivity index (χ0v) is 13.5. The van der Waals surface area contributed by atoms with E-state index < -0.39 is 27.8 Å². The first-order valence-corrected chi connectivity index (χ1v) is 8.96. The van der Waals surface area contributed by atoms with Crippen LogP contribution < -0.4 is 9.62 Å². The lowest BCUT2D eigenvalue weighted by Gasteiger charge is -2.32. The van der Waals surface area contributed by atoms with E-state index >= 15 is 0 Å². The second kappa shape index (κ2) is 5.85. The van der Waals surface area contributed by atoms with Crippen LogP contribution in [-0.4, -0.2) is 38.5 Å². The van der Waals surface area contributed by atoms with Gasteiger partial charge in [0, 0.05) is 18.3 Å². The Hall–Kier alpha value is -1.94. The molecule has 0 spiro atoms. The second-order valence-corrected chi connectivity index (χ2v) is 7.39. The van der Waals surface area contributed by atoms with E-state index in [9.17, 15) is 21.6 Å². The maximum atomic E-state index is 12.7. The molecule has 129 valence electrons. The summed E-state index contributed by atoms with van der Waals surface area (Å²) in [4.78, 5) is 1.74. The van der Waals surface area contributed by atoms with Crippen molar-refractivity contribution in [3.63, 3.8) is 0 Å². The van der Waals surface area contributed by atoms with Crippen LogP contribution in [0.15, 0.2) is 41.7 Å². The van der Waals surface area contributed by atoms with Crippen molar-refractivity contribution in [3.05, 3.63) is 48.3 Å². The highest BCUT2D eigenvalue weighted by atomic mass is 32.2. The van der Waals surface area contributed by atoms with Crippen LogP contribution in [0.3, 0.4) is 0 Å². The van der Waals surface area contributed by atoms with Crippen molar-refractivity contribution in [1.82, 2.24) is 4.72 Å². The highest BCUT2D eigenvalue weighted by Gasteiger charge is 2.43. The van der Waals surface area contributed by atoms with Crippen molar-refractivity contribution in [3.8, 4) is 0 Å². The van der Waals surface area contributed by atoms with E-state index in [1.54, 1.807) is 21.9 Å². The average Bonchev–Trinajstić information content (AvgIpc) is 2.92. The van der Waals surface area contributed by atoms with Gasteiger partial charge in [-0.15, -0.1) is 0 Å². The Morgan fingerprint density at radius 2 is 1.96 bits per heavy atom. The van der Waals surface area contributed by atoms with Crippen LogP contribution in [0.25, 0.3) is 0 Å². The summed E-state index contributed by atoms with van der Waals surface area (Å²) in [6, 6.07) is 4.30. The van der Waals surface area contributed by atoms with E-state index in [4.69, 9.17) is 0 Å². The Bertz CT molecular complexity index is 787. The number of hydrogen-bond donors (Lipinski definition) is 1. The van der Waals surface area contributed by atoms with Crippen LogP contribution >= 0.6 is 0 Å². The first-order chi connectivity index (χ1) is 11.1. The van der Waals surface area contributed by atoms with E-state index in [1.165, 1.54) is 12.1 Å². The maximum absolute atomic E-state index is 12.7. The van der Waals surface area contributed by atoms with Gasteiger partial charge in [0.05, 0.1) is 18.0 Å². The van der Waals surface area contributed by atoms with Crippen LogP contribution in [0.2, 0.25) is 0 Å². The van der Waals surface area contributed by atoms with Gasteiger partial charge >= 0.3 is 12.3 Å². The third-order valence-corrected chi connectivity index (χ3v) is 4.42. The van der Waals surface area contributed by atoms with Crippen molar-refractivity contribution >= 4 is 15.7 Å². The molecule has 0 saturated carbocycles. The van der Waals surface area contributed by atoms with Gasteiger partial charge in [-0.1, -0.05) is 4.70 Å². The monoisotopic (exact) mass is 360 g/mol. The number of hydrogen-bond acceptors (Lipinski definition) is 4. The third-order valence-electron chi connectivity index (χ3n) is 3.65. The van der Waals surface area contributed by atoms with Crippen molar-refractivity contribution in [2.75, 3.05) is 24.2 Å². The molecule has 1 N–H and O–H groups in total. The van der Waals surface area contributed by atoms with Crippen LogP contribution in [0.1, 0.15) is 5.56 Å². The van der Waals surface area contributed by atoms with Crippen LogP contribution in [0.4, 0.5) is 18.9 Å². The standard InChI is InChI=1S/C14H15F3N4O2S/c1-24(22,23)19-11-8-20(13-6-7-18-21(13)9-11)12-4-2-10(3-5-12)14(15,16)17/h2-7,11,19H,8-9H2,1H3/q+1. The summed E-state index contributed by atoms with van der Waals surface area (Å²) in [6.45, 7) is 0.649. The van der Waals surface area contributed by atoms with Crippen LogP contribution in [-0.2, 0) is 16.2 Å². The van der Waals surface area contributed by atoms with Gasteiger partial charge in [-0.3, -0.25) is 4.90 Å². The van der Waals surface area contributed by atoms with Gasteiger partial charge in [-0.05, 0) is 29.4 Å². The second-order valence-electron chi connectivity index (χ2n) is 5.61. The van der Waals surface area contributed by atoms with E-state index in [0.29, 0.717) is 24.9 Å². The molecule has 10 heteroatoms. The summed E-state index contributed by atoms with van der Waals surface area (Å²) >= 11 is 0. The minimum absolute atomic E-state index is 0.296. The lowest BCUT2D eigenvalue weighted by molar-refractivity contribution is -0.574. The Balaban J connectivity index is 1.87. The molecule has 1 saturated heterocycles. The summed E-state index contributed by atoms with van der Waals surface area (Å²) in [5.74, 6) is 0. The maximum Gasteiger partial charge on any atom is 0.416 e. The molecule has 2 aliphatic heterocycles. The number of benzene rings is 1. The smallest absolute Gasteiger partial charge is 0.297 e. The first-order valence-electron chi connectivity index (χ1n) is 7.07. The minimum atomic E-state index is -4.40. The summed E-state index contributed by atoms with van der Waals surface area (Å²) < 4.78 is 65.1. The van der Waals surface area contributed by atoms with Gasteiger partial charge in [-0.2, -0.15) is 13.2 Å². The van der Waals surface area contributed by atoms with E-state index in [1.807, 2.05) is 0 Å². The molecule has 2 heterocycles. The summed E-state index contributed by atoms with van der Waals surface area (Å²) in [6.07, 6.45) is 0.654. The molecular weight excluding hydrogens is 345 g/mol.